The minimum absolute atomic E-state index is 0.0498. The minimum atomic E-state index is -0.219. The van der Waals surface area contributed by atoms with Crippen LogP contribution in [0, 0.1) is 5.82 Å². The monoisotopic (exact) mass is 281 g/mol. The third kappa shape index (κ3) is 7.21. The van der Waals surface area contributed by atoms with E-state index in [9.17, 15) is 9.18 Å². The van der Waals surface area contributed by atoms with Crippen LogP contribution in [0.3, 0.4) is 0 Å². The molecule has 0 aromatic heterocycles. The molecule has 2 N–H and O–H groups in total. The number of carbonyl (C=O) groups excluding carboxylic acids is 1. The van der Waals surface area contributed by atoms with E-state index in [4.69, 9.17) is 0 Å². The van der Waals surface area contributed by atoms with Gasteiger partial charge in [0, 0.05) is 6.54 Å². The van der Waals surface area contributed by atoms with Crippen LogP contribution in [-0.4, -0.2) is 51.1 Å². The summed E-state index contributed by atoms with van der Waals surface area (Å²) in [6.45, 7) is 2.59. The van der Waals surface area contributed by atoms with E-state index in [0.29, 0.717) is 25.1 Å². The largest absolute Gasteiger partial charge is 0.355 e. The molecule has 0 unspecified atom stereocenters. The summed E-state index contributed by atoms with van der Waals surface area (Å²) in [6, 6.07) is 6.63. The van der Waals surface area contributed by atoms with Crippen molar-refractivity contribution in [3.8, 4) is 0 Å². The number of benzene rings is 1. The molecular weight excluding hydrogens is 257 g/mol. The van der Waals surface area contributed by atoms with Crippen LogP contribution in [0.4, 0.5) is 4.39 Å². The van der Waals surface area contributed by atoms with E-state index < -0.39 is 0 Å². The van der Waals surface area contributed by atoms with Crippen molar-refractivity contribution >= 4 is 5.91 Å². The van der Waals surface area contributed by atoms with Crippen LogP contribution in [-0.2, 0) is 11.2 Å². The molecule has 0 fully saturated rings. The summed E-state index contributed by atoms with van der Waals surface area (Å²) in [5, 5.41) is 5.87. The van der Waals surface area contributed by atoms with E-state index in [1.54, 1.807) is 18.2 Å². The molecule has 1 aromatic carbocycles. The molecule has 1 rings (SSSR count). The molecule has 0 heterocycles. The zero-order chi connectivity index (χ0) is 14.8. The van der Waals surface area contributed by atoms with Gasteiger partial charge in [-0.3, -0.25) is 4.79 Å². The number of nitrogens with one attached hydrogen (secondary N) is 2. The summed E-state index contributed by atoms with van der Waals surface area (Å²) >= 11 is 0. The van der Waals surface area contributed by atoms with Gasteiger partial charge in [0.15, 0.2) is 0 Å². The highest BCUT2D eigenvalue weighted by atomic mass is 19.1. The van der Waals surface area contributed by atoms with Crippen LogP contribution in [0.25, 0.3) is 0 Å². The fraction of sp³-hybridized carbons (Fsp3) is 0.533. The van der Waals surface area contributed by atoms with Crippen LogP contribution in [0.5, 0.6) is 0 Å². The normalized spacial score (nSPS) is 10.8. The minimum Gasteiger partial charge on any atom is -0.355 e. The molecule has 5 heteroatoms. The fourth-order valence-electron chi connectivity index (χ4n) is 1.82. The van der Waals surface area contributed by atoms with Gasteiger partial charge in [-0.05, 0) is 51.7 Å². The second-order valence-corrected chi connectivity index (χ2v) is 5.02. The second-order valence-electron chi connectivity index (χ2n) is 5.02. The Morgan fingerprint density at radius 1 is 1.25 bits per heavy atom. The Morgan fingerprint density at radius 3 is 2.70 bits per heavy atom. The maximum Gasteiger partial charge on any atom is 0.233 e. The van der Waals surface area contributed by atoms with Gasteiger partial charge in [-0.25, -0.2) is 4.39 Å². The number of hydrogen-bond donors (Lipinski definition) is 2. The van der Waals surface area contributed by atoms with Crippen molar-refractivity contribution in [1.82, 2.24) is 15.5 Å². The van der Waals surface area contributed by atoms with Gasteiger partial charge in [0.05, 0.1) is 6.54 Å². The highest BCUT2D eigenvalue weighted by molar-refractivity contribution is 5.77. The summed E-state index contributed by atoms with van der Waals surface area (Å²) < 4.78 is 13.3. The molecule has 0 saturated carbocycles. The number of carbonyl (C=O) groups is 1. The van der Waals surface area contributed by atoms with Crippen molar-refractivity contribution in [2.45, 2.75) is 12.8 Å². The van der Waals surface area contributed by atoms with E-state index >= 15 is 0 Å². The number of hydrogen-bond acceptors (Lipinski definition) is 3. The van der Waals surface area contributed by atoms with E-state index in [0.717, 1.165) is 19.5 Å². The Hall–Kier alpha value is -1.46. The lowest BCUT2D eigenvalue weighted by atomic mass is 10.1. The molecular formula is C15H24FN3O. The lowest BCUT2D eigenvalue weighted by Crippen LogP contribution is -2.35. The third-order valence-electron chi connectivity index (χ3n) is 2.92. The van der Waals surface area contributed by atoms with Crippen LogP contribution in [0.1, 0.15) is 12.0 Å². The van der Waals surface area contributed by atoms with Crippen LogP contribution >= 0.6 is 0 Å². The first-order valence-corrected chi connectivity index (χ1v) is 6.95. The Balaban J connectivity index is 2.07. The molecule has 0 aliphatic carbocycles. The lowest BCUT2D eigenvalue weighted by molar-refractivity contribution is -0.120. The van der Waals surface area contributed by atoms with Gasteiger partial charge in [-0.1, -0.05) is 18.2 Å². The zero-order valence-corrected chi connectivity index (χ0v) is 12.3. The average Bonchev–Trinajstić information content (AvgIpc) is 2.40. The maximum atomic E-state index is 13.3. The van der Waals surface area contributed by atoms with Gasteiger partial charge < -0.3 is 15.5 Å². The maximum absolute atomic E-state index is 13.3. The van der Waals surface area contributed by atoms with Crippen LogP contribution < -0.4 is 10.6 Å². The van der Waals surface area contributed by atoms with Gasteiger partial charge in [-0.2, -0.15) is 0 Å². The van der Waals surface area contributed by atoms with Crippen LogP contribution in [0.2, 0.25) is 0 Å². The predicted molar refractivity (Wildman–Crippen MR) is 79.2 cm³/mol. The fourth-order valence-corrected chi connectivity index (χ4v) is 1.82. The molecule has 0 spiro atoms. The summed E-state index contributed by atoms with van der Waals surface area (Å²) in [5.74, 6) is -0.269. The summed E-state index contributed by atoms with van der Waals surface area (Å²) in [7, 11) is 4.05. The van der Waals surface area contributed by atoms with E-state index in [1.807, 2.05) is 14.1 Å². The molecule has 0 aliphatic heterocycles. The van der Waals surface area contributed by atoms with Gasteiger partial charge in [-0.15, -0.1) is 0 Å². The number of nitrogens with zero attached hydrogens (tertiary/aromatic N) is 1. The SMILES string of the molecule is CN(C)CCCNCC(=O)NCCc1ccccc1F. The zero-order valence-electron chi connectivity index (χ0n) is 12.3. The smallest absolute Gasteiger partial charge is 0.233 e. The third-order valence-corrected chi connectivity index (χ3v) is 2.92. The number of amides is 1. The van der Waals surface area contributed by atoms with Gasteiger partial charge in [0.2, 0.25) is 5.91 Å². The summed E-state index contributed by atoms with van der Waals surface area (Å²) in [6.07, 6.45) is 1.52. The molecule has 4 nitrogen and oxygen atoms in total. The summed E-state index contributed by atoms with van der Waals surface area (Å²) in [4.78, 5) is 13.6. The Bertz CT molecular complexity index is 410. The summed E-state index contributed by atoms with van der Waals surface area (Å²) in [5.41, 5.74) is 0.631. The van der Waals surface area contributed by atoms with Gasteiger partial charge >= 0.3 is 0 Å². The van der Waals surface area contributed by atoms with Crippen molar-refractivity contribution in [2.75, 3.05) is 40.3 Å². The van der Waals surface area contributed by atoms with Crippen molar-refractivity contribution in [1.29, 1.82) is 0 Å². The predicted octanol–water partition coefficient (Wildman–Crippen LogP) is 1.03. The molecule has 1 amide bonds. The molecule has 20 heavy (non-hydrogen) atoms. The quantitative estimate of drug-likeness (QED) is 0.664. The highest BCUT2D eigenvalue weighted by Gasteiger charge is 2.03. The van der Waals surface area contributed by atoms with Crippen molar-refractivity contribution in [3.05, 3.63) is 35.6 Å². The van der Waals surface area contributed by atoms with Gasteiger partial charge in [0.1, 0.15) is 5.82 Å². The van der Waals surface area contributed by atoms with Crippen LogP contribution in [0.15, 0.2) is 24.3 Å². The number of halogens is 1. The van der Waals surface area contributed by atoms with E-state index in [2.05, 4.69) is 15.5 Å². The Morgan fingerprint density at radius 2 is 2.00 bits per heavy atom. The average molecular weight is 281 g/mol. The molecule has 0 atom stereocenters. The van der Waals surface area contributed by atoms with Crippen molar-refractivity contribution in [3.63, 3.8) is 0 Å². The van der Waals surface area contributed by atoms with Gasteiger partial charge in [0.25, 0.3) is 0 Å². The lowest BCUT2D eigenvalue weighted by Gasteiger charge is -2.10. The molecule has 0 aliphatic rings. The first-order chi connectivity index (χ1) is 9.59. The standard InChI is InChI=1S/C15H24FN3O/c1-19(2)11-5-9-17-12-15(20)18-10-8-13-6-3-4-7-14(13)16/h3-4,6-7,17H,5,8-12H2,1-2H3,(H,18,20). The molecule has 0 saturated heterocycles. The topological polar surface area (TPSA) is 44.4 Å². The first kappa shape index (κ1) is 16.6. The van der Waals surface area contributed by atoms with E-state index in [-0.39, 0.29) is 11.7 Å². The molecule has 0 radical (unpaired) electrons. The molecule has 112 valence electrons. The molecule has 1 aromatic rings. The Kier molecular flexibility index (Phi) is 7.84. The first-order valence-electron chi connectivity index (χ1n) is 6.95. The van der Waals surface area contributed by atoms with Crippen molar-refractivity contribution in [2.24, 2.45) is 0 Å². The number of rotatable bonds is 9. The van der Waals surface area contributed by atoms with E-state index in [1.165, 1.54) is 6.07 Å². The molecule has 0 bridgehead atoms. The highest BCUT2D eigenvalue weighted by Crippen LogP contribution is 2.05. The van der Waals surface area contributed by atoms with Crippen molar-refractivity contribution < 1.29 is 9.18 Å². The second kappa shape index (κ2) is 9.44. The Labute approximate surface area is 120 Å².